The molecule has 4 heterocycles. The zero-order chi connectivity index (χ0) is 34.9. The minimum absolute atomic E-state index is 0.307. The van der Waals surface area contributed by atoms with Crippen molar-refractivity contribution in [3.05, 3.63) is 181 Å². The molecule has 1 atom stereocenters. The molecule has 0 saturated heterocycles. The minimum atomic E-state index is -0.307. The number of aromatic nitrogens is 2. The van der Waals surface area contributed by atoms with E-state index in [0.717, 1.165) is 89.1 Å². The van der Waals surface area contributed by atoms with Gasteiger partial charge in [0.15, 0.2) is 0 Å². The van der Waals surface area contributed by atoms with Crippen LogP contribution in [0.5, 0.6) is 5.75 Å². The summed E-state index contributed by atoms with van der Waals surface area (Å²) >= 11 is 0. The van der Waals surface area contributed by atoms with E-state index in [0.29, 0.717) is 6.42 Å². The third-order valence-corrected chi connectivity index (χ3v) is 10.7. The van der Waals surface area contributed by atoms with Crippen LogP contribution in [0.1, 0.15) is 17.4 Å². The van der Waals surface area contributed by atoms with Gasteiger partial charge < -0.3 is 14.1 Å². The van der Waals surface area contributed by atoms with Crippen LogP contribution in [0, 0.1) is 0 Å². The van der Waals surface area contributed by atoms with Crippen LogP contribution in [0.15, 0.2) is 174 Å². The average molecular weight is 681 g/mol. The van der Waals surface area contributed by atoms with E-state index in [-0.39, 0.29) is 6.10 Å². The van der Waals surface area contributed by atoms with Crippen LogP contribution in [-0.2, 0) is 6.42 Å². The van der Waals surface area contributed by atoms with Crippen molar-refractivity contribution in [1.29, 1.82) is 0 Å². The second-order valence-corrected chi connectivity index (χ2v) is 13.9. The molecule has 0 aliphatic carbocycles. The van der Waals surface area contributed by atoms with Crippen LogP contribution in [0.3, 0.4) is 0 Å². The Balaban J connectivity index is 1.34. The average Bonchev–Trinajstić information content (AvgIpc) is 3.97. The van der Waals surface area contributed by atoms with E-state index in [4.69, 9.17) is 14.1 Å². The Morgan fingerprint density at radius 2 is 1.32 bits per heavy atom. The Morgan fingerprint density at radius 3 is 2.19 bits per heavy atom. The fourth-order valence-corrected chi connectivity index (χ4v) is 8.36. The predicted molar refractivity (Wildman–Crippen MR) is 216 cm³/mol. The van der Waals surface area contributed by atoms with E-state index in [2.05, 4.69) is 157 Å². The standard InChI is InChI=1S/C49H32N2O2/c1-2-13-31(14-3-1)36-25-26-39-46(45(36)37-21-12-19-30-15-4-8-20-35(30)37)47(40-27-32-16-5-9-22-38(32)50-40)48(43-28-33-17-6-10-23-41(33)52-43)49(51-39)44-29-34-18-7-11-24-42(34)53-44/h1-28,44,50H,29H2. The Labute approximate surface area is 306 Å². The van der Waals surface area contributed by atoms with Crippen molar-refractivity contribution >= 4 is 43.5 Å². The van der Waals surface area contributed by atoms with Gasteiger partial charge in [-0.3, -0.25) is 0 Å². The van der Waals surface area contributed by atoms with E-state index in [1.807, 2.05) is 18.2 Å². The van der Waals surface area contributed by atoms with Gasteiger partial charge >= 0.3 is 0 Å². The molecule has 3 aromatic heterocycles. The highest BCUT2D eigenvalue weighted by molar-refractivity contribution is 6.17. The summed E-state index contributed by atoms with van der Waals surface area (Å²) in [6.45, 7) is 0. The molecule has 11 rings (SSSR count). The van der Waals surface area contributed by atoms with Gasteiger partial charge in [0.25, 0.3) is 0 Å². The quantitative estimate of drug-likeness (QED) is 0.197. The maximum Gasteiger partial charge on any atom is 0.145 e. The first-order valence-electron chi connectivity index (χ1n) is 18.1. The Hall–Kier alpha value is -6.91. The largest absolute Gasteiger partial charge is 0.483 e. The van der Waals surface area contributed by atoms with E-state index in [1.54, 1.807) is 0 Å². The maximum absolute atomic E-state index is 6.84. The van der Waals surface area contributed by atoms with Crippen molar-refractivity contribution in [2.75, 3.05) is 0 Å². The highest BCUT2D eigenvalue weighted by Gasteiger charge is 2.33. The van der Waals surface area contributed by atoms with Crippen LogP contribution in [0.2, 0.25) is 0 Å². The smallest absolute Gasteiger partial charge is 0.145 e. The van der Waals surface area contributed by atoms with Gasteiger partial charge in [0.1, 0.15) is 23.2 Å². The van der Waals surface area contributed by atoms with Gasteiger partial charge in [-0.1, -0.05) is 133 Å². The second kappa shape index (κ2) is 11.8. The summed E-state index contributed by atoms with van der Waals surface area (Å²) in [6, 6.07) is 59.8. The number of pyridine rings is 1. The van der Waals surface area contributed by atoms with Crippen molar-refractivity contribution in [3.63, 3.8) is 0 Å². The number of furan rings is 1. The third kappa shape index (κ3) is 4.80. The van der Waals surface area contributed by atoms with E-state index in [9.17, 15) is 0 Å². The van der Waals surface area contributed by atoms with Crippen LogP contribution in [0.4, 0.5) is 0 Å². The number of fused-ring (bicyclic) bond motifs is 5. The monoisotopic (exact) mass is 680 g/mol. The highest BCUT2D eigenvalue weighted by Crippen LogP contribution is 2.51. The van der Waals surface area contributed by atoms with Crippen LogP contribution in [-0.4, -0.2) is 9.97 Å². The van der Waals surface area contributed by atoms with Crippen LogP contribution < -0.4 is 4.74 Å². The topological polar surface area (TPSA) is 51.1 Å². The van der Waals surface area contributed by atoms with E-state index in [1.165, 1.54) is 16.3 Å². The molecular formula is C49H32N2O2. The lowest BCUT2D eigenvalue weighted by atomic mass is 9.84. The van der Waals surface area contributed by atoms with Gasteiger partial charge in [-0.05, 0) is 69.4 Å². The number of H-pyrrole nitrogens is 1. The number of aromatic amines is 1. The number of hydrogen-bond donors (Lipinski definition) is 1. The molecule has 0 bridgehead atoms. The summed E-state index contributed by atoms with van der Waals surface area (Å²) in [5.41, 5.74) is 12.4. The Kier molecular flexibility index (Phi) is 6.65. The van der Waals surface area contributed by atoms with Gasteiger partial charge in [0.2, 0.25) is 0 Å². The van der Waals surface area contributed by atoms with E-state index >= 15 is 0 Å². The molecule has 1 aliphatic rings. The molecule has 53 heavy (non-hydrogen) atoms. The van der Waals surface area contributed by atoms with Gasteiger partial charge in [0.05, 0.1) is 16.8 Å². The van der Waals surface area contributed by atoms with Gasteiger partial charge in [-0.25, -0.2) is 4.98 Å². The molecule has 1 aliphatic heterocycles. The van der Waals surface area contributed by atoms with Gasteiger partial charge in [-0.2, -0.15) is 0 Å². The molecule has 4 nitrogen and oxygen atoms in total. The second-order valence-electron chi connectivity index (χ2n) is 13.9. The van der Waals surface area contributed by atoms with Gasteiger partial charge in [0, 0.05) is 44.9 Å². The third-order valence-electron chi connectivity index (χ3n) is 10.7. The van der Waals surface area contributed by atoms with Crippen molar-refractivity contribution < 1.29 is 9.15 Å². The van der Waals surface area contributed by atoms with Gasteiger partial charge in [-0.15, -0.1) is 0 Å². The lowest BCUT2D eigenvalue weighted by Gasteiger charge is -2.23. The molecule has 4 heteroatoms. The first-order valence-corrected chi connectivity index (χ1v) is 18.1. The molecular weight excluding hydrogens is 649 g/mol. The van der Waals surface area contributed by atoms with Crippen molar-refractivity contribution in [1.82, 2.24) is 9.97 Å². The molecule has 7 aromatic carbocycles. The summed E-state index contributed by atoms with van der Waals surface area (Å²) in [5, 5.41) is 5.61. The zero-order valence-corrected chi connectivity index (χ0v) is 28.7. The molecule has 0 saturated carbocycles. The number of rotatable bonds is 5. The summed E-state index contributed by atoms with van der Waals surface area (Å²) in [6.07, 6.45) is 0.407. The molecule has 0 fully saturated rings. The Bertz CT molecular complexity index is 2930. The molecule has 0 radical (unpaired) electrons. The summed E-state index contributed by atoms with van der Waals surface area (Å²) in [5.74, 6) is 1.66. The number of nitrogens with one attached hydrogen (secondary N) is 1. The van der Waals surface area contributed by atoms with Crippen LogP contribution in [0.25, 0.3) is 88.4 Å². The zero-order valence-electron chi connectivity index (χ0n) is 28.7. The lowest BCUT2D eigenvalue weighted by Crippen LogP contribution is -2.10. The SMILES string of the molecule is c1ccc(-c2ccc3nc(C4Cc5ccccc5O4)c(-c4cc5ccccc5o4)c(-c4cc5ccccc5[nH]4)c3c2-c2cccc3ccccc23)cc1. The highest BCUT2D eigenvalue weighted by atomic mass is 16.5. The molecule has 0 amide bonds. The summed E-state index contributed by atoms with van der Waals surface area (Å²) in [4.78, 5) is 9.48. The number of benzene rings is 7. The maximum atomic E-state index is 6.84. The normalized spacial score (nSPS) is 13.9. The van der Waals surface area contributed by atoms with Crippen LogP contribution >= 0.6 is 0 Å². The van der Waals surface area contributed by atoms with Crippen molar-refractivity contribution in [3.8, 4) is 50.6 Å². The first kappa shape index (κ1) is 29.8. The molecule has 10 aromatic rings. The van der Waals surface area contributed by atoms with Crippen molar-refractivity contribution in [2.45, 2.75) is 12.5 Å². The summed E-state index contributed by atoms with van der Waals surface area (Å²) < 4.78 is 13.6. The minimum Gasteiger partial charge on any atom is -0.483 e. The van der Waals surface area contributed by atoms with Crippen molar-refractivity contribution in [2.24, 2.45) is 0 Å². The molecule has 1 unspecified atom stereocenters. The molecule has 250 valence electrons. The lowest BCUT2D eigenvalue weighted by molar-refractivity contribution is 0.234. The predicted octanol–water partition coefficient (Wildman–Crippen LogP) is 13.0. The molecule has 1 N–H and O–H groups in total. The number of hydrogen-bond acceptors (Lipinski definition) is 3. The number of ether oxygens (including phenoxy) is 1. The first-order chi connectivity index (χ1) is 26.3. The fourth-order valence-electron chi connectivity index (χ4n) is 8.36. The van der Waals surface area contributed by atoms with E-state index < -0.39 is 0 Å². The molecule has 0 spiro atoms. The number of nitrogens with zero attached hydrogens (tertiary/aromatic N) is 1. The number of para-hydroxylation sites is 3. The fraction of sp³-hybridized carbons (Fsp3) is 0.0408. The summed E-state index contributed by atoms with van der Waals surface area (Å²) in [7, 11) is 0. The Morgan fingerprint density at radius 1 is 0.566 bits per heavy atom.